The molecule has 0 radical (unpaired) electrons. The maximum Gasteiger partial charge on any atom is 0.385 e. The molecule has 12 nitrogen and oxygen atoms in total. The summed E-state index contributed by atoms with van der Waals surface area (Å²) in [6, 6.07) is 2.81. The van der Waals surface area contributed by atoms with Crippen molar-refractivity contribution in [2.75, 3.05) is 13.1 Å². The Labute approximate surface area is 196 Å². The summed E-state index contributed by atoms with van der Waals surface area (Å²) in [6.45, 7) is 6.53. The number of rotatable bonds is 7. The fourth-order valence-corrected chi connectivity index (χ4v) is 4.89. The molecule has 2 heterocycles. The highest BCUT2D eigenvalue weighted by Gasteiger charge is 2.62. The fourth-order valence-electron chi connectivity index (χ4n) is 4.89. The molecule has 6 N–H and O–H groups in total. The highest BCUT2D eigenvalue weighted by atomic mass is 16.8. The number of azide groups is 1. The minimum absolute atomic E-state index is 0.0137. The van der Waals surface area contributed by atoms with E-state index in [0.29, 0.717) is 25.2 Å². The summed E-state index contributed by atoms with van der Waals surface area (Å²) in [7, 11) is 0. The topological polar surface area (TPSA) is 200 Å². The maximum atomic E-state index is 12.5. The van der Waals surface area contributed by atoms with Crippen LogP contribution >= 0.6 is 0 Å². The first-order valence-electron chi connectivity index (χ1n) is 11.2. The van der Waals surface area contributed by atoms with Crippen LogP contribution in [-0.2, 0) is 6.42 Å². The van der Waals surface area contributed by atoms with Gasteiger partial charge >= 0.3 is 11.8 Å². The third kappa shape index (κ3) is 5.04. The van der Waals surface area contributed by atoms with Crippen molar-refractivity contribution in [1.82, 2.24) is 4.90 Å². The Morgan fingerprint density at radius 1 is 1.24 bits per heavy atom. The number of aliphatic hydroxyl groups is 6. The van der Waals surface area contributed by atoms with Crippen LogP contribution in [0.1, 0.15) is 67.6 Å². The van der Waals surface area contributed by atoms with Crippen LogP contribution in [0.25, 0.3) is 10.4 Å². The van der Waals surface area contributed by atoms with Crippen molar-refractivity contribution in [2.24, 2.45) is 17.0 Å². The normalized spacial score (nSPS) is 21.5. The molecule has 34 heavy (non-hydrogen) atoms. The van der Waals surface area contributed by atoms with Gasteiger partial charge in [-0.15, -0.1) is 0 Å². The molecule has 2 aliphatic heterocycles. The van der Waals surface area contributed by atoms with Gasteiger partial charge in [-0.1, -0.05) is 13.8 Å². The summed E-state index contributed by atoms with van der Waals surface area (Å²) in [5.74, 6) is -11.8. The third-order valence-corrected chi connectivity index (χ3v) is 6.59. The number of ether oxygens (including phenoxy) is 1. The van der Waals surface area contributed by atoms with Crippen LogP contribution in [-0.4, -0.2) is 72.1 Å². The van der Waals surface area contributed by atoms with Gasteiger partial charge in [0.2, 0.25) is 5.79 Å². The summed E-state index contributed by atoms with van der Waals surface area (Å²) in [6.07, 6.45) is 3.54. The molecule has 1 saturated heterocycles. The molecule has 2 aliphatic rings. The second-order valence-corrected chi connectivity index (χ2v) is 9.78. The SMILES string of the molecule is CC(C)CC1CCC2c3cc(C(=O)N=[N+]=[N-])c(OC(O)(O)C(O)(O)C(C)(O)O)cc3CCN2C1. The molecule has 2 unspecified atom stereocenters. The Kier molecular flexibility index (Phi) is 7.28. The number of hydrogen-bond acceptors (Lipinski definition) is 9. The molecule has 0 bridgehead atoms. The van der Waals surface area contributed by atoms with Crippen LogP contribution in [0.3, 0.4) is 0 Å². The van der Waals surface area contributed by atoms with Crippen molar-refractivity contribution < 1.29 is 40.2 Å². The van der Waals surface area contributed by atoms with E-state index in [0.717, 1.165) is 43.5 Å². The van der Waals surface area contributed by atoms with Crippen LogP contribution in [0.15, 0.2) is 17.2 Å². The number of hydrogen-bond donors (Lipinski definition) is 6. The highest BCUT2D eigenvalue weighted by molar-refractivity contribution is 5.98. The standard InChI is InChI=1S/C22H32N4O8/c1-12(2)8-13-4-5-17-15-10-16(19(27)24-25-23)18(9-14(15)6-7-26(17)11-13)34-22(32,33)21(30,31)20(3,28)29/h9-10,12-13,17,28-33H,4-8,11H2,1-3H3. The predicted molar refractivity (Wildman–Crippen MR) is 118 cm³/mol. The Bertz CT molecular complexity index is 982. The summed E-state index contributed by atoms with van der Waals surface area (Å²) in [5, 5.41) is 62.2. The lowest BCUT2D eigenvalue weighted by molar-refractivity contribution is -0.495. The monoisotopic (exact) mass is 480 g/mol. The summed E-state index contributed by atoms with van der Waals surface area (Å²) >= 11 is 0. The first-order valence-corrected chi connectivity index (χ1v) is 11.2. The fraction of sp³-hybridized carbons (Fsp3) is 0.682. The molecule has 188 valence electrons. The van der Waals surface area contributed by atoms with E-state index in [-0.39, 0.29) is 11.6 Å². The number of piperidine rings is 1. The van der Waals surface area contributed by atoms with E-state index in [9.17, 15) is 35.4 Å². The zero-order valence-electron chi connectivity index (χ0n) is 19.4. The largest absolute Gasteiger partial charge is 0.434 e. The third-order valence-electron chi connectivity index (χ3n) is 6.59. The molecule has 1 amide bonds. The van der Waals surface area contributed by atoms with Gasteiger partial charge in [0.1, 0.15) is 5.75 Å². The van der Waals surface area contributed by atoms with Gasteiger partial charge in [-0.05, 0) is 78.3 Å². The van der Waals surface area contributed by atoms with Gasteiger partial charge in [-0.25, -0.2) is 0 Å². The van der Waals surface area contributed by atoms with Crippen molar-refractivity contribution >= 4 is 5.91 Å². The Hall–Kier alpha value is -2.28. The van der Waals surface area contributed by atoms with E-state index in [1.807, 2.05) is 0 Å². The predicted octanol–water partition coefficient (Wildman–Crippen LogP) is 0.891. The lowest BCUT2D eigenvalue weighted by atomic mass is 9.80. The zero-order chi connectivity index (χ0) is 25.5. The quantitative estimate of drug-likeness (QED) is 0.142. The van der Waals surface area contributed by atoms with Gasteiger partial charge < -0.3 is 35.4 Å². The Morgan fingerprint density at radius 2 is 1.91 bits per heavy atom. The van der Waals surface area contributed by atoms with Gasteiger partial charge in [-0.2, -0.15) is 0 Å². The van der Waals surface area contributed by atoms with Crippen LogP contribution in [0.4, 0.5) is 0 Å². The second kappa shape index (κ2) is 9.40. The number of carbonyl (C=O) groups is 1. The lowest BCUT2D eigenvalue weighted by Gasteiger charge is -2.44. The number of benzene rings is 1. The second-order valence-electron chi connectivity index (χ2n) is 9.78. The van der Waals surface area contributed by atoms with E-state index in [2.05, 4.69) is 28.8 Å². The van der Waals surface area contributed by atoms with Gasteiger partial charge in [-0.3, -0.25) is 9.69 Å². The van der Waals surface area contributed by atoms with Crippen LogP contribution in [0.5, 0.6) is 5.75 Å². The molecule has 0 aliphatic carbocycles. The summed E-state index contributed by atoms with van der Waals surface area (Å²) in [4.78, 5) is 17.3. The first kappa shape index (κ1) is 26.3. The minimum atomic E-state index is -3.97. The van der Waals surface area contributed by atoms with Crippen molar-refractivity contribution in [2.45, 2.75) is 70.0 Å². The molecule has 0 saturated carbocycles. The van der Waals surface area contributed by atoms with Crippen molar-refractivity contribution in [3.63, 3.8) is 0 Å². The van der Waals surface area contributed by atoms with Gasteiger partial charge in [0.25, 0.3) is 5.91 Å². The summed E-state index contributed by atoms with van der Waals surface area (Å²) < 4.78 is 4.93. The van der Waals surface area contributed by atoms with Gasteiger partial charge in [0, 0.05) is 24.0 Å². The maximum absolute atomic E-state index is 12.5. The molecule has 12 heteroatoms. The molecular weight excluding hydrogens is 448 g/mol. The van der Waals surface area contributed by atoms with E-state index in [4.69, 9.17) is 10.3 Å². The van der Waals surface area contributed by atoms with E-state index >= 15 is 0 Å². The highest BCUT2D eigenvalue weighted by Crippen LogP contribution is 2.43. The van der Waals surface area contributed by atoms with E-state index in [1.54, 1.807) is 0 Å². The lowest BCUT2D eigenvalue weighted by Crippen LogP contribution is -2.69. The molecule has 0 aromatic heterocycles. The molecule has 1 aromatic carbocycles. The molecule has 1 aromatic rings. The van der Waals surface area contributed by atoms with Crippen LogP contribution in [0.2, 0.25) is 0 Å². The first-order chi connectivity index (χ1) is 15.7. The van der Waals surface area contributed by atoms with Crippen LogP contribution < -0.4 is 4.74 Å². The molecule has 1 fully saturated rings. The molecular formula is C22H32N4O8. The molecule has 3 rings (SSSR count). The Morgan fingerprint density at radius 3 is 2.50 bits per heavy atom. The van der Waals surface area contributed by atoms with Gasteiger partial charge in [0.05, 0.1) is 5.56 Å². The average Bonchev–Trinajstić information content (AvgIpc) is 2.71. The molecule has 2 atom stereocenters. The number of fused-ring (bicyclic) bond motifs is 3. The number of amides is 1. The smallest absolute Gasteiger partial charge is 0.385 e. The van der Waals surface area contributed by atoms with Gasteiger partial charge in [0.15, 0.2) is 0 Å². The van der Waals surface area contributed by atoms with Crippen molar-refractivity contribution in [3.05, 3.63) is 39.3 Å². The number of carbonyl (C=O) groups excluding carboxylic acids is 1. The zero-order valence-corrected chi connectivity index (χ0v) is 19.4. The van der Waals surface area contributed by atoms with Crippen molar-refractivity contribution in [3.8, 4) is 5.75 Å². The molecule has 0 spiro atoms. The van der Waals surface area contributed by atoms with E-state index < -0.39 is 29.2 Å². The van der Waals surface area contributed by atoms with Crippen LogP contribution in [0, 0.1) is 11.8 Å². The summed E-state index contributed by atoms with van der Waals surface area (Å²) in [5.41, 5.74) is 9.95. The Balaban J connectivity index is 2.00. The number of nitrogens with zero attached hydrogens (tertiary/aromatic N) is 4. The van der Waals surface area contributed by atoms with Crippen molar-refractivity contribution in [1.29, 1.82) is 0 Å². The average molecular weight is 481 g/mol. The van der Waals surface area contributed by atoms with E-state index in [1.165, 1.54) is 12.1 Å². The minimum Gasteiger partial charge on any atom is -0.434 e.